The van der Waals surface area contributed by atoms with Gasteiger partial charge in [0.1, 0.15) is 11.6 Å². The number of alkyl carbamates (subject to hydrolysis) is 1. The number of halogens is 1. The molecule has 1 atom stereocenters. The quantitative estimate of drug-likeness (QED) is 0.832. The summed E-state index contributed by atoms with van der Waals surface area (Å²) in [5.74, 6) is -1.13. The lowest BCUT2D eigenvalue weighted by molar-refractivity contribution is -0.139. The van der Waals surface area contributed by atoms with E-state index in [0.717, 1.165) is 18.8 Å². The summed E-state index contributed by atoms with van der Waals surface area (Å²) in [6, 6.07) is 4.51. The third kappa shape index (κ3) is 5.81. The third-order valence-electron chi connectivity index (χ3n) is 3.92. The van der Waals surface area contributed by atoms with Gasteiger partial charge in [0.05, 0.1) is 0 Å². The number of carboxylic acids is 1. The first kappa shape index (κ1) is 19.4. The molecule has 0 spiro atoms. The van der Waals surface area contributed by atoms with Crippen LogP contribution >= 0.6 is 11.6 Å². The summed E-state index contributed by atoms with van der Waals surface area (Å²) >= 11 is 6.34. The second-order valence-electron chi connectivity index (χ2n) is 7.21. The van der Waals surface area contributed by atoms with Gasteiger partial charge in [0.25, 0.3) is 0 Å². The van der Waals surface area contributed by atoms with E-state index in [1.807, 2.05) is 18.2 Å². The van der Waals surface area contributed by atoms with Crippen molar-refractivity contribution in [1.82, 2.24) is 5.32 Å². The fraction of sp³-hybridized carbons (Fsp3) is 0.556. The summed E-state index contributed by atoms with van der Waals surface area (Å²) in [7, 11) is 0. The molecule has 2 rings (SSSR count). The van der Waals surface area contributed by atoms with Gasteiger partial charge in [0.2, 0.25) is 0 Å². The molecule has 0 radical (unpaired) electrons. The van der Waals surface area contributed by atoms with E-state index in [2.05, 4.69) is 10.2 Å². The number of nitrogens with one attached hydrogen (secondary N) is 1. The number of carboxylic acid groups (broad SMARTS) is 1. The molecule has 1 heterocycles. The molecule has 1 aromatic carbocycles. The SMILES string of the molecule is CC(C)(C)OC(=O)NC(Cc1ccc(N2CCCC2)cc1Cl)C(=O)O. The van der Waals surface area contributed by atoms with Crippen LogP contribution in [0.1, 0.15) is 39.2 Å². The van der Waals surface area contributed by atoms with Crippen LogP contribution < -0.4 is 10.2 Å². The molecular weight excluding hydrogens is 344 g/mol. The van der Waals surface area contributed by atoms with Crippen molar-refractivity contribution in [2.45, 2.75) is 51.7 Å². The van der Waals surface area contributed by atoms with E-state index in [1.54, 1.807) is 20.8 Å². The van der Waals surface area contributed by atoms with E-state index in [0.29, 0.717) is 10.6 Å². The maximum Gasteiger partial charge on any atom is 0.408 e. The predicted octanol–water partition coefficient (Wildman–Crippen LogP) is 3.46. The van der Waals surface area contributed by atoms with E-state index >= 15 is 0 Å². The molecule has 1 aliphatic heterocycles. The zero-order valence-corrected chi connectivity index (χ0v) is 15.6. The Morgan fingerprint density at radius 2 is 1.96 bits per heavy atom. The molecule has 1 aromatic rings. The van der Waals surface area contributed by atoms with Gasteiger partial charge in [-0.05, 0) is 51.3 Å². The van der Waals surface area contributed by atoms with E-state index in [1.165, 1.54) is 12.8 Å². The maximum absolute atomic E-state index is 11.8. The van der Waals surface area contributed by atoms with Crippen LogP contribution in [0.2, 0.25) is 5.02 Å². The number of aliphatic carboxylic acids is 1. The minimum Gasteiger partial charge on any atom is -0.480 e. The van der Waals surface area contributed by atoms with Crippen LogP contribution in [-0.2, 0) is 16.0 Å². The van der Waals surface area contributed by atoms with E-state index in [9.17, 15) is 14.7 Å². The van der Waals surface area contributed by atoms with Crippen LogP contribution in [0.15, 0.2) is 18.2 Å². The maximum atomic E-state index is 11.8. The van der Waals surface area contributed by atoms with Crippen LogP contribution in [0, 0.1) is 0 Å². The number of ether oxygens (including phenoxy) is 1. The lowest BCUT2D eigenvalue weighted by Crippen LogP contribution is -2.44. The van der Waals surface area contributed by atoms with E-state index in [-0.39, 0.29) is 6.42 Å². The van der Waals surface area contributed by atoms with E-state index < -0.39 is 23.7 Å². The largest absolute Gasteiger partial charge is 0.480 e. The number of carbonyl (C=O) groups excluding carboxylic acids is 1. The topological polar surface area (TPSA) is 78.9 Å². The van der Waals surface area contributed by atoms with Gasteiger partial charge in [0, 0.05) is 30.2 Å². The number of hydrogen-bond donors (Lipinski definition) is 2. The number of nitrogens with zero attached hydrogens (tertiary/aromatic N) is 1. The number of rotatable bonds is 5. The second-order valence-corrected chi connectivity index (χ2v) is 7.62. The molecule has 6 nitrogen and oxygen atoms in total. The molecule has 1 fully saturated rings. The van der Waals surface area contributed by atoms with Gasteiger partial charge in [-0.3, -0.25) is 0 Å². The van der Waals surface area contributed by atoms with Gasteiger partial charge in [-0.2, -0.15) is 0 Å². The van der Waals surface area contributed by atoms with Crippen molar-refractivity contribution >= 4 is 29.4 Å². The molecule has 0 aromatic heterocycles. The molecule has 0 aliphatic carbocycles. The molecule has 1 amide bonds. The molecule has 138 valence electrons. The first-order valence-electron chi connectivity index (χ1n) is 8.41. The Morgan fingerprint density at radius 1 is 1.32 bits per heavy atom. The molecule has 7 heteroatoms. The summed E-state index contributed by atoms with van der Waals surface area (Å²) in [5.41, 5.74) is 1.02. The standard InChI is InChI=1S/C18H25ClN2O4/c1-18(2,3)25-17(24)20-15(16(22)23)10-12-6-7-13(11-14(12)19)21-8-4-5-9-21/h6-7,11,15H,4-5,8-10H2,1-3H3,(H,20,24)(H,22,23). The molecule has 2 N–H and O–H groups in total. The highest BCUT2D eigenvalue weighted by Crippen LogP contribution is 2.27. The Kier molecular flexibility index (Phi) is 6.16. The Hall–Kier alpha value is -1.95. The van der Waals surface area contributed by atoms with Crippen molar-refractivity contribution < 1.29 is 19.4 Å². The zero-order chi connectivity index (χ0) is 18.6. The average molecular weight is 369 g/mol. The van der Waals surface area contributed by atoms with Crippen molar-refractivity contribution in [3.63, 3.8) is 0 Å². The molecule has 0 saturated carbocycles. The summed E-state index contributed by atoms with van der Waals surface area (Å²) in [6.07, 6.45) is 1.67. The van der Waals surface area contributed by atoms with Crippen molar-refractivity contribution in [2.75, 3.05) is 18.0 Å². The van der Waals surface area contributed by atoms with E-state index in [4.69, 9.17) is 16.3 Å². The van der Waals surface area contributed by atoms with Crippen LogP contribution in [0.25, 0.3) is 0 Å². The Bertz CT molecular complexity index is 636. The third-order valence-corrected chi connectivity index (χ3v) is 4.27. The van der Waals surface area contributed by atoms with Gasteiger partial charge in [-0.1, -0.05) is 17.7 Å². The minimum atomic E-state index is -1.13. The summed E-state index contributed by atoms with van der Waals surface area (Å²) in [4.78, 5) is 25.6. The number of benzene rings is 1. The first-order chi connectivity index (χ1) is 11.7. The zero-order valence-electron chi connectivity index (χ0n) is 14.8. The van der Waals surface area contributed by atoms with Crippen LogP contribution in [0.3, 0.4) is 0 Å². The Balaban J connectivity index is 2.06. The van der Waals surface area contributed by atoms with Crippen molar-refractivity contribution in [3.8, 4) is 0 Å². The fourth-order valence-electron chi connectivity index (χ4n) is 2.74. The van der Waals surface area contributed by atoms with Gasteiger partial charge in [0.15, 0.2) is 0 Å². The molecule has 1 unspecified atom stereocenters. The highest BCUT2D eigenvalue weighted by atomic mass is 35.5. The lowest BCUT2D eigenvalue weighted by atomic mass is 10.1. The summed E-state index contributed by atoms with van der Waals surface area (Å²) in [6.45, 7) is 7.17. The average Bonchev–Trinajstić information content (AvgIpc) is 3.00. The molecule has 1 saturated heterocycles. The molecule has 1 aliphatic rings. The van der Waals surface area contributed by atoms with Gasteiger partial charge < -0.3 is 20.1 Å². The van der Waals surface area contributed by atoms with Crippen LogP contribution in [0.4, 0.5) is 10.5 Å². The van der Waals surface area contributed by atoms with Crippen LogP contribution in [0.5, 0.6) is 0 Å². The molecule has 0 bridgehead atoms. The summed E-state index contributed by atoms with van der Waals surface area (Å²) < 4.78 is 5.12. The Labute approximate surface area is 153 Å². The summed E-state index contributed by atoms with van der Waals surface area (Å²) in [5, 5.41) is 12.3. The molecule has 25 heavy (non-hydrogen) atoms. The number of amides is 1. The first-order valence-corrected chi connectivity index (χ1v) is 8.79. The lowest BCUT2D eigenvalue weighted by Gasteiger charge is -2.22. The van der Waals surface area contributed by atoms with Crippen LogP contribution in [-0.4, -0.2) is 41.9 Å². The van der Waals surface area contributed by atoms with Gasteiger partial charge in [-0.15, -0.1) is 0 Å². The molecular formula is C18H25ClN2O4. The monoisotopic (exact) mass is 368 g/mol. The van der Waals surface area contributed by atoms with Gasteiger partial charge in [-0.25, -0.2) is 9.59 Å². The smallest absolute Gasteiger partial charge is 0.408 e. The number of anilines is 1. The second kappa shape index (κ2) is 7.95. The predicted molar refractivity (Wildman–Crippen MR) is 97.4 cm³/mol. The Morgan fingerprint density at radius 3 is 2.48 bits per heavy atom. The fourth-order valence-corrected chi connectivity index (χ4v) is 3.00. The van der Waals surface area contributed by atoms with Crippen molar-refractivity contribution in [2.24, 2.45) is 0 Å². The van der Waals surface area contributed by atoms with Crippen molar-refractivity contribution in [3.05, 3.63) is 28.8 Å². The number of carbonyl (C=O) groups is 2. The highest BCUT2D eigenvalue weighted by molar-refractivity contribution is 6.31. The number of hydrogen-bond acceptors (Lipinski definition) is 4. The minimum absolute atomic E-state index is 0.0910. The highest BCUT2D eigenvalue weighted by Gasteiger charge is 2.25. The van der Waals surface area contributed by atoms with Crippen molar-refractivity contribution in [1.29, 1.82) is 0 Å². The van der Waals surface area contributed by atoms with Gasteiger partial charge >= 0.3 is 12.1 Å². The normalized spacial score (nSPS) is 15.8.